The fourth-order valence-corrected chi connectivity index (χ4v) is 2.74. The van der Waals surface area contributed by atoms with Crippen molar-refractivity contribution in [3.8, 4) is 5.75 Å². The Kier molecular flexibility index (Phi) is 5.28. The van der Waals surface area contributed by atoms with Crippen LogP contribution in [0.15, 0.2) is 70.6 Å². The van der Waals surface area contributed by atoms with Crippen molar-refractivity contribution in [1.82, 2.24) is 0 Å². The van der Waals surface area contributed by atoms with Gasteiger partial charge in [0.2, 0.25) is 0 Å². The zero-order valence-electron chi connectivity index (χ0n) is 15.3. The molecule has 0 radical (unpaired) electrons. The number of aliphatic imine (C=N–C) groups is 2. The van der Waals surface area contributed by atoms with Crippen molar-refractivity contribution in [3.05, 3.63) is 88.5 Å². The van der Waals surface area contributed by atoms with Gasteiger partial charge in [-0.3, -0.25) is 9.98 Å². The van der Waals surface area contributed by atoms with Gasteiger partial charge in [-0.1, -0.05) is 24.3 Å². The topological polar surface area (TPSA) is 45.0 Å². The summed E-state index contributed by atoms with van der Waals surface area (Å²) in [5.41, 5.74) is 6.42. The van der Waals surface area contributed by atoms with Gasteiger partial charge < -0.3 is 5.11 Å². The monoisotopic (exact) mass is 342 g/mol. The third kappa shape index (κ3) is 4.45. The second-order valence-electron chi connectivity index (χ2n) is 6.49. The fraction of sp³-hybridized carbons (Fsp3) is 0.130. The lowest BCUT2D eigenvalue weighted by Gasteiger charge is -2.06. The molecule has 0 aliphatic heterocycles. The van der Waals surface area contributed by atoms with Gasteiger partial charge in [-0.2, -0.15) is 0 Å². The Morgan fingerprint density at radius 3 is 1.54 bits per heavy atom. The van der Waals surface area contributed by atoms with Gasteiger partial charge in [0.1, 0.15) is 5.75 Å². The van der Waals surface area contributed by atoms with Crippen LogP contribution in [0.3, 0.4) is 0 Å². The maximum absolute atomic E-state index is 10.6. The van der Waals surface area contributed by atoms with Gasteiger partial charge >= 0.3 is 0 Å². The molecule has 3 heteroatoms. The average Bonchev–Trinajstić information content (AvgIpc) is 2.61. The first-order chi connectivity index (χ1) is 12.5. The summed E-state index contributed by atoms with van der Waals surface area (Å²) in [6, 6.07) is 19.7. The molecule has 0 spiro atoms. The molecule has 0 saturated heterocycles. The second-order valence-corrected chi connectivity index (χ2v) is 6.49. The molecule has 3 aromatic rings. The minimum absolute atomic E-state index is 0.184. The first-order valence-electron chi connectivity index (χ1n) is 8.56. The van der Waals surface area contributed by atoms with Gasteiger partial charge in [0.05, 0.1) is 11.4 Å². The summed E-state index contributed by atoms with van der Waals surface area (Å²) >= 11 is 0. The lowest BCUT2D eigenvalue weighted by molar-refractivity contribution is 0.473. The molecule has 0 aromatic heterocycles. The van der Waals surface area contributed by atoms with E-state index in [2.05, 4.69) is 9.98 Å². The predicted octanol–water partition coefficient (Wildman–Crippen LogP) is 5.82. The lowest BCUT2D eigenvalue weighted by Crippen LogP contribution is -1.91. The van der Waals surface area contributed by atoms with E-state index in [0.29, 0.717) is 11.1 Å². The summed E-state index contributed by atoms with van der Waals surface area (Å²) in [7, 11) is 0. The molecule has 3 rings (SSSR count). The fourth-order valence-electron chi connectivity index (χ4n) is 2.74. The number of nitrogens with zero attached hydrogens (tertiary/aromatic N) is 2. The number of phenolic OH excluding ortho intramolecular Hbond substituents is 1. The van der Waals surface area contributed by atoms with Crippen LogP contribution >= 0.6 is 0 Å². The van der Waals surface area contributed by atoms with Crippen LogP contribution in [0, 0.1) is 20.8 Å². The van der Waals surface area contributed by atoms with Gasteiger partial charge in [0, 0.05) is 23.6 Å². The van der Waals surface area contributed by atoms with Crippen molar-refractivity contribution in [2.24, 2.45) is 9.98 Å². The Morgan fingerprint density at radius 2 is 1.12 bits per heavy atom. The molecule has 3 nitrogen and oxygen atoms in total. The zero-order valence-corrected chi connectivity index (χ0v) is 15.3. The van der Waals surface area contributed by atoms with Gasteiger partial charge in [0.15, 0.2) is 0 Å². The van der Waals surface area contributed by atoms with E-state index in [9.17, 15) is 5.11 Å². The Labute approximate surface area is 154 Å². The van der Waals surface area contributed by atoms with Crippen LogP contribution in [0.2, 0.25) is 0 Å². The number of aromatic hydroxyl groups is 1. The summed E-state index contributed by atoms with van der Waals surface area (Å²) in [6.07, 6.45) is 3.39. The molecule has 0 amide bonds. The third-order valence-electron chi connectivity index (χ3n) is 4.02. The molecular weight excluding hydrogens is 320 g/mol. The van der Waals surface area contributed by atoms with Crippen LogP contribution in [0.4, 0.5) is 11.4 Å². The van der Waals surface area contributed by atoms with E-state index in [1.807, 2.05) is 81.4 Å². The molecule has 0 aliphatic rings. The van der Waals surface area contributed by atoms with Crippen LogP contribution < -0.4 is 0 Å². The van der Waals surface area contributed by atoms with Gasteiger partial charge in [-0.05, 0) is 73.9 Å². The number of rotatable bonds is 4. The van der Waals surface area contributed by atoms with Crippen LogP contribution in [0.5, 0.6) is 5.75 Å². The largest absolute Gasteiger partial charge is 0.507 e. The first-order valence-corrected chi connectivity index (χ1v) is 8.56. The highest BCUT2D eigenvalue weighted by atomic mass is 16.3. The highest BCUT2D eigenvalue weighted by Gasteiger charge is 2.06. The van der Waals surface area contributed by atoms with Crippen LogP contribution in [-0.2, 0) is 0 Å². The molecule has 26 heavy (non-hydrogen) atoms. The van der Waals surface area contributed by atoms with E-state index in [-0.39, 0.29) is 5.75 Å². The second kappa shape index (κ2) is 7.79. The van der Waals surface area contributed by atoms with E-state index in [0.717, 1.165) is 28.1 Å². The summed E-state index contributed by atoms with van der Waals surface area (Å²) in [5.74, 6) is 0.184. The molecule has 0 heterocycles. The standard InChI is InChI=1S/C23H22N2O/c1-16-6-4-8-21(12-16)24-14-19-10-18(3)11-20(23(19)26)15-25-22-9-5-7-17(2)13-22/h4-15,26H,1-3H3. The quantitative estimate of drug-likeness (QED) is 0.597. The maximum atomic E-state index is 10.6. The maximum Gasteiger partial charge on any atom is 0.133 e. The van der Waals surface area contributed by atoms with Crippen molar-refractivity contribution in [2.75, 3.05) is 0 Å². The number of benzene rings is 3. The summed E-state index contributed by atoms with van der Waals surface area (Å²) in [5, 5.41) is 10.6. The van der Waals surface area contributed by atoms with Crippen molar-refractivity contribution >= 4 is 23.8 Å². The predicted molar refractivity (Wildman–Crippen MR) is 110 cm³/mol. The number of hydrogen-bond donors (Lipinski definition) is 1. The molecule has 0 bridgehead atoms. The van der Waals surface area contributed by atoms with Gasteiger partial charge in [-0.25, -0.2) is 0 Å². The van der Waals surface area contributed by atoms with E-state index in [4.69, 9.17) is 0 Å². The normalized spacial score (nSPS) is 11.5. The highest BCUT2D eigenvalue weighted by molar-refractivity contribution is 5.93. The SMILES string of the molecule is Cc1cccc(N=Cc2cc(C)cc(C=Nc3cccc(C)c3)c2O)c1. The Balaban J connectivity index is 1.91. The Hall–Kier alpha value is -3.20. The minimum atomic E-state index is 0.184. The highest BCUT2D eigenvalue weighted by Crippen LogP contribution is 2.24. The molecule has 0 saturated carbocycles. The average molecular weight is 342 g/mol. The van der Waals surface area contributed by atoms with E-state index in [1.54, 1.807) is 12.4 Å². The van der Waals surface area contributed by atoms with E-state index >= 15 is 0 Å². The smallest absolute Gasteiger partial charge is 0.133 e. The molecular formula is C23H22N2O. The summed E-state index contributed by atoms with van der Waals surface area (Å²) in [4.78, 5) is 8.96. The van der Waals surface area contributed by atoms with E-state index < -0.39 is 0 Å². The van der Waals surface area contributed by atoms with Gasteiger partial charge in [0.25, 0.3) is 0 Å². The van der Waals surface area contributed by atoms with Crippen LogP contribution in [-0.4, -0.2) is 17.5 Å². The Bertz CT molecular complexity index is 910. The number of phenols is 1. The van der Waals surface area contributed by atoms with Crippen LogP contribution in [0.25, 0.3) is 0 Å². The zero-order chi connectivity index (χ0) is 18.5. The lowest BCUT2D eigenvalue weighted by atomic mass is 10.1. The molecule has 0 atom stereocenters. The summed E-state index contributed by atoms with van der Waals surface area (Å²) < 4.78 is 0. The van der Waals surface area contributed by atoms with Crippen molar-refractivity contribution < 1.29 is 5.11 Å². The van der Waals surface area contributed by atoms with Crippen molar-refractivity contribution in [3.63, 3.8) is 0 Å². The van der Waals surface area contributed by atoms with Gasteiger partial charge in [-0.15, -0.1) is 0 Å². The summed E-state index contributed by atoms with van der Waals surface area (Å²) in [6.45, 7) is 6.06. The number of hydrogen-bond acceptors (Lipinski definition) is 3. The Morgan fingerprint density at radius 1 is 0.654 bits per heavy atom. The number of aryl methyl sites for hydroxylation is 3. The molecule has 0 aliphatic carbocycles. The molecule has 0 unspecified atom stereocenters. The molecule has 0 fully saturated rings. The minimum Gasteiger partial charge on any atom is -0.507 e. The van der Waals surface area contributed by atoms with E-state index in [1.165, 1.54) is 0 Å². The molecule has 1 N–H and O–H groups in total. The molecule has 130 valence electrons. The third-order valence-corrected chi connectivity index (χ3v) is 4.02. The van der Waals surface area contributed by atoms with Crippen molar-refractivity contribution in [2.45, 2.75) is 20.8 Å². The molecule has 3 aromatic carbocycles. The van der Waals surface area contributed by atoms with Crippen LogP contribution in [0.1, 0.15) is 27.8 Å². The van der Waals surface area contributed by atoms with Crippen molar-refractivity contribution in [1.29, 1.82) is 0 Å². The first kappa shape index (κ1) is 17.6.